The summed E-state index contributed by atoms with van der Waals surface area (Å²) in [5.74, 6) is -0.108. The topological polar surface area (TPSA) is 225 Å². The Morgan fingerprint density at radius 2 is 0.884 bits per heavy atom. The van der Waals surface area contributed by atoms with Gasteiger partial charge in [-0.15, -0.1) is 0 Å². The summed E-state index contributed by atoms with van der Waals surface area (Å²) >= 11 is 0. The van der Waals surface area contributed by atoms with Gasteiger partial charge in [-0.3, -0.25) is 31.3 Å². The van der Waals surface area contributed by atoms with Crippen LogP contribution < -0.4 is 21.3 Å². The van der Waals surface area contributed by atoms with Crippen molar-refractivity contribution in [1.82, 2.24) is 40.8 Å². The maximum Gasteiger partial charge on any atom is 0.414 e. The lowest BCUT2D eigenvalue weighted by molar-refractivity contribution is 0.0521. The van der Waals surface area contributed by atoms with E-state index in [4.69, 9.17) is 23.9 Å². The minimum absolute atomic E-state index is 0.0389. The van der Waals surface area contributed by atoms with Crippen LogP contribution in [-0.4, -0.2) is 91.3 Å². The van der Waals surface area contributed by atoms with Gasteiger partial charge in [0.2, 0.25) is 11.9 Å². The Balaban J connectivity index is 0.000000353. The molecule has 5 N–H and O–H groups in total. The smallest absolute Gasteiger partial charge is 0.414 e. The molecule has 0 bridgehead atoms. The number of guanidine groups is 2. The Morgan fingerprint density at radius 1 is 0.536 bits per heavy atom. The van der Waals surface area contributed by atoms with E-state index in [1.54, 1.807) is 95.6 Å². The summed E-state index contributed by atoms with van der Waals surface area (Å²) in [5, 5.41) is 9.89. The van der Waals surface area contributed by atoms with Crippen molar-refractivity contribution < 1.29 is 38.1 Å². The van der Waals surface area contributed by atoms with Crippen LogP contribution in [0, 0.1) is 0 Å². The lowest BCUT2D eigenvalue weighted by Crippen LogP contribution is -2.47. The fraction of sp³-hybridized carbons (Fsp3) is 0.412. The molecular weight excluding hydrogens is 881 g/mol. The highest BCUT2D eigenvalue weighted by molar-refractivity contribution is 6.02. The van der Waals surface area contributed by atoms with Crippen molar-refractivity contribution in [2.45, 2.75) is 124 Å². The molecular formula is C51H68N10O8. The van der Waals surface area contributed by atoms with Crippen LogP contribution in [0.15, 0.2) is 126 Å². The number of imidazole rings is 2. The number of aromatic nitrogens is 4. The minimum Gasteiger partial charge on any atom is -0.444 e. The van der Waals surface area contributed by atoms with E-state index in [0.717, 1.165) is 28.1 Å². The van der Waals surface area contributed by atoms with Crippen LogP contribution in [0.5, 0.6) is 0 Å². The number of benzene rings is 3. The average Bonchev–Trinajstić information content (AvgIpc) is 3.93. The first-order valence-corrected chi connectivity index (χ1v) is 22.6. The van der Waals surface area contributed by atoms with Gasteiger partial charge in [0.05, 0.1) is 18.3 Å². The molecule has 370 valence electrons. The number of aromatic amines is 1. The highest BCUT2D eigenvalue weighted by Crippen LogP contribution is 2.40. The summed E-state index contributed by atoms with van der Waals surface area (Å²) in [6, 6.07) is 31.0. The van der Waals surface area contributed by atoms with E-state index in [2.05, 4.69) is 82.2 Å². The molecule has 0 unspecified atom stereocenters. The maximum absolute atomic E-state index is 12.5. The van der Waals surface area contributed by atoms with Crippen LogP contribution in [0.3, 0.4) is 0 Å². The fourth-order valence-electron chi connectivity index (χ4n) is 6.47. The number of hydrogen-bond acceptors (Lipinski definition) is 12. The van der Waals surface area contributed by atoms with Crippen LogP contribution >= 0.6 is 0 Å². The molecule has 2 aromatic heterocycles. The molecule has 0 fully saturated rings. The summed E-state index contributed by atoms with van der Waals surface area (Å²) in [6.45, 7) is 21.5. The van der Waals surface area contributed by atoms with Gasteiger partial charge in [0.15, 0.2) is 0 Å². The van der Waals surface area contributed by atoms with Crippen molar-refractivity contribution in [1.29, 1.82) is 0 Å². The van der Waals surface area contributed by atoms with Crippen molar-refractivity contribution in [3.63, 3.8) is 0 Å². The zero-order chi connectivity index (χ0) is 50.9. The van der Waals surface area contributed by atoms with Gasteiger partial charge in [-0.1, -0.05) is 91.0 Å². The van der Waals surface area contributed by atoms with Crippen LogP contribution in [0.2, 0.25) is 0 Å². The number of alkyl carbamates (subject to hydrolysis) is 4. The highest BCUT2D eigenvalue weighted by Gasteiger charge is 2.38. The number of aliphatic imine (C=N–C) groups is 2. The summed E-state index contributed by atoms with van der Waals surface area (Å²) in [4.78, 5) is 69.0. The molecule has 5 rings (SSSR count). The van der Waals surface area contributed by atoms with E-state index in [0.29, 0.717) is 19.4 Å². The summed E-state index contributed by atoms with van der Waals surface area (Å²) < 4.78 is 23.1. The first kappa shape index (κ1) is 54.1. The normalized spacial score (nSPS) is 11.7. The van der Waals surface area contributed by atoms with Crippen molar-refractivity contribution in [3.05, 3.63) is 144 Å². The monoisotopic (exact) mass is 949 g/mol. The van der Waals surface area contributed by atoms with Gasteiger partial charge in [0.1, 0.15) is 27.9 Å². The van der Waals surface area contributed by atoms with Gasteiger partial charge < -0.3 is 28.5 Å². The van der Waals surface area contributed by atoms with Gasteiger partial charge in [-0.05, 0) is 99.8 Å². The largest absolute Gasteiger partial charge is 0.444 e. The molecule has 18 nitrogen and oxygen atoms in total. The van der Waals surface area contributed by atoms with Gasteiger partial charge in [-0.25, -0.2) is 29.1 Å². The molecule has 18 heteroatoms. The highest BCUT2D eigenvalue weighted by atomic mass is 16.6. The molecule has 0 saturated carbocycles. The third-order valence-electron chi connectivity index (χ3n) is 8.92. The quantitative estimate of drug-likeness (QED) is 0.0386. The molecule has 0 aliphatic carbocycles. The Hall–Kier alpha value is -7.50. The van der Waals surface area contributed by atoms with Crippen LogP contribution in [0.1, 0.15) is 111 Å². The second kappa shape index (κ2) is 24.0. The van der Waals surface area contributed by atoms with Crippen molar-refractivity contribution in [2.24, 2.45) is 9.98 Å². The summed E-state index contributed by atoms with van der Waals surface area (Å²) in [7, 11) is 0. The van der Waals surface area contributed by atoms with Crippen LogP contribution in [0.4, 0.5) is 19.2 Å². The Morgan fingerprint density at radius 3 is 1.20 bits per heavy atom. The van der Waals surface area contributed by atoms with Crippen molar-refractivity contribution >= 4 is 36.3 Å². The molecule has 0 saturated heterocycles. The second-order valence-electron chi connectivity index (χ2n) is 19.6. The SMILES string of the molecule is CC(C)(C)OC(=O)NC(=NCCc1cn(C(c2ccccc2)(c2ccccc2)c2ccccc2)cn1)NC(=O)OC(C)(C)C.CC(C)(C)OC(=O)NC(=NCCc1cnc[nH]1)NC(=O)OC(C)(C)C. The van der Waals surface area contributed by atoms with Crippen molar-refractivity contribution in [2.75, 3.05) is 13.1 Å². The number of rotatable bonds is 10. The Labute approximate surface area is 405 Å². The number of amides is 4. The first-order valence-electron chi connectivity index (χ1n) is 22.6. The molecule has 3 aromatic carbocycles. The van der Waals surface area contributed by atoms with Gasteiger partial charge in [-0.2, -0.15) is 0 Å². The van der Waals surface area contributed by atoms with E-state index in [-0.39, 0.29) is 18.5 Å². The zero-order valence-electron chi connectivity index (χ0n) is 41.8. The molecule has 0 radical (unpaired) electrons. The predicted octanol–water partition coefficient (Wildman–Crippen LogP) is 9.03. The fourth-order valence-corrected chi connectivity index (χ4v) is 6.47. The number of carbonyl (C=O) groups excluding carboxylic acids is 4. The number of nitrogens with one attached hydrogen (secondary N) is 5. The number of ether oxygens (including phenoxy) is 4. The predicted molar refractivity (Wildman–Crippen MR) is 265 cm³/mol. The van der Waals surface area contributed by atoms with Gasteiger partial charge in [0, 0.05) is 44.0 Å². The summed E-state index contributed by atoms with van der Waals surface area (Å²) in [6.07, 6.45) is 5.19. The Kier molecular flexibility index (Phi) is 18.8. The van der Waals surface area contributed by atoms with E-state index < -0.39 is 52.3 Å². The minimum atomic E-state index is -0.741. The number of hydrogen-bond donors (Lipinski definition) is 5. The van der Waals surface area contributed by atoms with Gasteiger partial charge in [0.25, 0.3) is 0 Å². The van der Waals surface area contributed by atoms with E-state index in [9.17, 15) is 19.2 Å². The molecule has 2 heterocycles. The number of nitrogens with zero attached hydrogens (tertiary/aromatic N) is 5. The lowest BCUT2D eigenvalue weighted by Gasteiger charge is -2.37. The second-order valence-corrected chi connectivity index (χ2v) is 19.6. The standard InChI is InChI=1S/C35H41N5O4.C16H27N5O4/c1-33(2,3)43-31(41)38-30(39-32(42)44-34(4,5)6)36-23-22-29-24-40(25-37-29)35(26-16-10-7-11-17-26,27-18-12-8-13-19-27)28-20-14-9-15-21-28;1-15(2,3)24-13(22)20-12(21-14(23)25-16(4,5)6)18-8-7-11-9-17-10-19-11/h7-21,24-25H,22-23H2,1-6H3,(H2,36,38,39,41,42);9-10H,7-8H2,1-6H3,(H,17,19)(H2,18,20,21,22,23). The van der Waals surface area contributed by atoms with E-state index in [1.807, 2.05) is 67.1 Å². The van der Waals surface area contributed by atoms with Crippen LogP contribution in [0.25, 0.3) is 0 Å². The molecule has 0 aliphatic rings. The van der Waals surface area contributed by atoms with Crippen LogP contribution in [-0.2, 0) is 37.3 Å². The van der Waals surface area contributed by atoms with Gasteiger partial charge >= 0.3 is 24.4 Å². The van der Waals surface area contributed by atoms with E-state index in [1.165, 1.54) is 0 Å². The third-order valence-corrected chi connectivity index (χ3v) is 8.92. The van der Waals surface area contributed by atoms with Crippen molar-refractivity contribution in [3.8, 4) is 0 Å². The molecule has 69 heavy (non-hydrogen) atoms. The third kappa shape index (κ3) is 19.0. The zero-order valence-corrected chi connectivity index (χ0v) is 41.8. The average molecular weight is 949 g/mol. The van der Waals surface area contributed by atoms with E-state index >= 15 is 0 Å². The molecule has 5 aromatic rings. The molecule has 0 aliphatic heterocycles. The number of H-pyrrole nitrogens is 1. The number of carbonyl (C=O) groups is 4. The maximum atomic E-state index is 12.5. The molecule has 0 spiro atoms. The first-order chi connectivity index (χ1) is 32.3. The molecule has 0 atom stereocenters. The lowest BCUT2D eigenvalue weighted by atomic mass is 9.77. The molecule has 4 amide bonds. The Bertz CT molecular complexity index is 2300. The summed E-state index contributed by atoms with van der Waals surface area (Å²) in [5.41, 5.74) is 1.47.